The van der Waals surface area contributed by atoms with Gasteiger partial charge in [-0.05, 0) is 42.0 Å². The molecule has 0 spiro atoms. The van der Waals surface area contributed by atoms with Crippen LogP contribution in [-0.4, -0.2) is 34.4 Å². The van der Waals surface area contributed by atoms with Gasteiger partial charge in [-0.15, -0.1) is 11.3 Å². The first-order chi connectivity index (χ1) is 15.6. The fourth-order valence-corrected chi connectivity index (χ4v) is 5.38. The van der Waals surface area contributed by atoms with Crippen molar-refractivity contribution in [1.82, 2.24) is 9.88 Å². The SMILES string of the molecule is O=C(OCN1C(=O)c2ccccc2C1=O)c1ccc(CSc2nc3ccccc3s2)cc1. The maximum atomic E-state index is 12.4. The largest absolute Gasteiger partial charge is 0.440 e. The molecule has 0 atom stereocenters. The van der Waals surface area contributed by atoms with E-state index in [1.807, 2.05) is 30.3 Å². The molecule has 0 unspecified atom stereocenters. The average Bonchev–Trinajstić information content (AvgIpc) is 3.35. The fourth-order valence-electron chi connectivity index (χ4n) is 3.36. The summed E-state index contributed by atoms with van der Waals surface area (Å²) in [6, 6.07) is 21.7. The summed E-state index contributed by atoms with van der Waals surface area (Å²) in [5.41, 5.74) is 3.05. The lowest BCUT2D eigenvalue weighted by atomic mass is 10.1. The Hall–Kier alpha value is -3.49. The quantitative estimate of drug-likeness (QED) is 0.229. The van der Waals surface area contributed by atoms with E-state index in [0.717, 1.165) is 30.8 Å². The number of para-hydroxylation sites is 1. The summed E-state index contributed by atoms with van der Waals surface area (Å²) < 4.78 is 7.37. The van der Waals surface area contributed by atoms with Crippen molar-refractivity contribution in [1.29, 1.82) is 0 Å². The second-order valence-corrected chi connectivity index (χ2v) is 9.33. The summed E-state index contributed by atoms with van der Waals surface area (Å²) in [4.78, 5) is 42.6. The van der Waals surface area contributed by atoms with E-state index >= 15 is 0 Å². The van der Waals surface area contributed by atoms with Crippen molar-refractivity contribution in [3.05, 3.63) is 95.1 Å². The third-order valence-corrected chi connectivity index (χ3v) is 7.28. The Labute approximate surface area is 191 Å². The van der Waals surface area contributed by atoms with Gasteiger partial charge in [0, 0.05) is 5.75 Å². The molecular weight excluding hydrogens is 444 g/mol. The van der Waals surface area contributed by atoms with E-state index < -0.39 is 24.5 Å². The van der Waals surface area contributed by atoms with Gasteiger partial charge in [0.15, 0.2) is 11.1 Å². The molecule has 4 aromatic rings. The first-order valence-corrected chi connectivity index (χ1v) is 11.6. The number of benzene rings is 3. The van der Waals surface area contributed by atoms with E-state index in [-0.39, 0.29) is 0 Å². The molecule has 0 aliphatic carbocycles. The van der Waals surface area contributed by atoms with Crippen molar-refractivity contribution >= 4 is 51.1 Å². The van der Waals surface area contributed by atoms with Gasteiger partial charge in [0.2, 0.25) is 0 Å². The molecule has 0 radical (unpaired) electrons. The molecule has 32 heavy (non-hydrogen) atoms. The van der Waals surface area contributed by atoms with Gasteiger partial charge in [0.25, 0.3) is 11.8 Å². The number of fused-ring (bicyclic) bond motifs is 2. The lowest BCUT2D eigenvalue weighted by Crippen LogP contribution is -2.33. The Kier molecular flexibility index (Phi) is 5.46. The molecular formula is C24H16N2O4S2. The molecule has 2 amide bonds. The Morgan fingerprint density at radius 2 is 1.56 bits per heavy atom. The topological polar surface area (TPSA) is 76.6 Å². The van der Waals surface area contributed by atoms with Crippen LogP contribution in [0.3, 0.4) is 0 Å². The maximum Gasteiger partial charge on any atom is 0.339 e. The Balaban J connectivity index is 1.17. The van der Waals surface area contributed by atoms with Crippen molar-refractivity contribution in [3.8, 4) is 0 Å². The molecule has 0 fully saturated rings. The van der Waals surface area contributed by atoms with Gasteiger partial charge >= 0.3 is 5.97 Å². The van der Waals surface area contributed by atoms with Crippen molar-refractivity contribution < 1.29 is 19.1 Å². The van der Waals surface area contributed by atoms with Crippen LogP contribution in [0.25, 0.3) is 10.2 Å². The molecule has 6 nitrogen and oxygen atoms in total. The highest BCUT2D eigenvalue weighted by Gasteiger charge is 2.35. The summed E-state index contributed by atoms with van der Waals surface area (Å²) in [6.07, 6.45) is 0. The van der Waals surface area contributed by atoms with Crippen molar-refractivity contribution in [3.63, 3.8) is 0 Å². The number of rotatable bonds is 6. The van der Waals surface area contributed by atoms with E-state index in [1.54, 1.807) is 59.5 Å². The van der Waals surface area contributed by atoms with Crippen LogP contribution < -0.4 is 0 Å². The van der Waals surface area contributed by atoms with Crippen LogP contribution >= 0.6 is 23.1 Å². The number of esters is 1. The third kappa shape index (κ3) is 3.90. The fraction of sp³-hybridized carbons (Fsp3) is 0.0833. The van der Waals surface area contributed by atoms with Crippen LogP contribution in [0.4, 0.5) is 0 Å². The van der Waals surface area contributed by atoms with Crippen LogP contribution in [0.1, 0.15) is 36.6 Å². The number of hydrogen-bond acceptors (Lipinski definition) is 7. The molecule has 8 heteroatoms. The van der Waals surface area contributed by atoms with E-state index in [4.69, 9.17) is 4.74 Å². The monoisotopic (exact) mass is 460 g/mol. The molecule has 1 aliphatic heterocycles. The zero-order valence-corrected chi connectivity index (χ0v) is 18.3. The molecule has 5 rings (SSSR count). The van der Waals surface area contributed by atoms with E-state index in [2.05, 4.69) is 11.1 Å². The number of hydrogen-bond donors (Lipinski definition) is 0. The minimum atomic E-state index is -0.591. The Morgan fingerprint density at radius 1 is 0.906 bits per heavy atom. The van der Waals surface area contributed by atoms with Gasteiger partial charge in [0.05, 0.1) is 26.9 Å². The summed E-state index contributed by atoms with van der Waals surface area (Å²) in [6.45, 7) is -0.416. The molecule has 2 heterocycles. The number of carbonyl (C=O) groups is 3. The number of thioether (sulfide) groups is 1. The summed E-state index contributed by atoms with van der Waals surface area (Å²) in [5.74, 6) is -0.780. The van der Waals surface area contributed by atoms with Crippen molar-refractivity contribution in [2.75, 3.05) is 6.73 Å². The van der Waals surface area contributed by atoms with Gasteiger partial charge in [-0.25, -0.2) is 14.7 Å². The minimum absolute atomic E-state index is 0.323. The number of carbonyl (C=O) groups excluding carboxylic acids is 3. The number of imide groups is 1. The van der Waals surface area contributed by atoms with Crippen LogP contribution in [0.5, 0.6) is 0 Å². The lowest BCUT2D eigenvalue weighted by Gasteiger charge is -2.14. The number of amides is 2. The first kappa shape index (κ1) is 20.4. The number of aromatic nitrogens is 1. The van der Waals surface area contributed by atoms with Gasteiger partial charge < -0.3 is 4.74 Å². The number of ether oxygens (including phenoxy) is 1. The van der Waals surface area contributed by atoms with Crippen LogP contribution in [0.15, 0.2) is 77.1 Å². The standard InChI is InChI=1S/C24H16N2O4S2/c27-21-17-5-1-2-6-18(17)22(28)26(21)14-30-23(29)16-11-9-15(10-12-16)13-31-24-25-19-7-3-4-8-20(19)32-24/h1-12H,13-14H2. The van der Waals surface area contributed by atoms with Crippen LogP contribution in [-0.2, 0) is 10.5 Å². The zero-order valence-electron chi connectivity index (χ0n) is 16.7. The lowest BCUT2D eigenvalue weighted by molar-refractivity contribution is 0.0228. The molecule has 1 aliphatic rings. The second-order valence-electron chi connectivity index (χ2n) is 7.08. The third-order valence-electron chi connectivity index (χ3n) is 5.03. The van der Waals surface area contributed by atoms with Gasteiger partial charge in [-0.2, -0.15) is 0 Å². The second kappa shape index (κ2) is 8.57. The first-order valence-electron chi connectivity index (χ1n) is 9.80. The smallest absolute Gasteiger partial charge is 0.339 e. The highest BCUT2D eigenvalue weighted by atomic mass is 32.2. The normalized spacial score (nSPS) is 12.9. The molecule has 3 aromatic carbocycles. The Bertz CT molecular complexity index is 1280. The van der Waals surface area contributed by atoms with Gasteiger partial charge in [-0.1, -0.05) is 48.2 Å². The average molecular weight is 461 g/mol. The zero-order chi connectivity index (χ0) is 22.1. The van der Waals surface area contributed by atoms with Crippen molar-refractivity contribution in [2.24, 2.45) is 0 Å². The van der Waals surface area contributed by atoms with Gasteiger partial charge in [-0.3, -0.25) is 9.59 Å². The van der Waals surface area contributed by atoms with E-state index in [0.29, 0.717) is 16.7 Å². The number of nitrogens with zero attached hydrogens (tertiary/aromatic N) is 2. The van der Waals surface area contributed by atoms with E-state index in [1.165, 1.54) is 0 Å². The molecule has 1 aromatic heterocycles. The minimum Gasteiger partial charge on any atom is -0.440 e. The summed E-state index contributed by atoms with van der Waals surface area (Å²) in [5, 5.41) is 0. The van der Waals surface area contributed by atoms with Crippen LogP contribution in [0.2, 0.25) is 0 Å². The molecule has 0 N–H and O–H groups in total. The number of thiazole rings is 1. The predicted octanol–water partition coefficient (Wildman–Crippen LogP) is 5.00. The highest BCUT2D eigenvalue weighted by Crippen LogP contribution is 2.31. The summed E-state index contributed by atoms with van der Waals surface area (Å²) in [7, 11) is 0. The molecule has 0 saturated carbocycles. The van der Waals surface area contributed by atoms with Crippen molar-refractivity contribution in [2.45, 2.75) is 10.1 Å². The molecule has 0 bridgehead atoms. The van der Waals surface area contributed by atoms with E-state index in [9.17, 15) is 14.4 Å². The highest BCUT2D eigenvalue weighted by molar-refractivity contribution is 8.00. The van der Waals surface area contributed by atoms with Gasteiger partial charge in [0.1, 0.15) is 0 Å². The Morgan fingerprint density at radius 3 is 2.25 bits per heavy atom. The molecule has 158 valence electrons. The summed E-state index contributed by atoms with van der Waals surface area (Å²) >= 11 is 3.30. The maximum absolute atomic E-state index is 12.4. The predicted molar refractivity (Wildman–Crippen MR) is 123 cm³/mol. The van der Waals surface area contributed by atoms with Crippen LogP contribution in [0, 0.1) is 0 Å². The molecule has 0 saturated heterocycles.